The van der Waals surface area contributed by atoms with Crippen LogP contribution in [-0.4, -0.2) is 26.2 Å². The van der Waals surface area contributed by atoms with Crippen molar-refractivity contribution in [3.8, 4) is 0 Å². The predicted molar refractivity (Wildman–Crippen MR) is 83.1 cm³/mol. The smallest absolute Gasteiger partial charge is 0.0132 e. The molecular weight excluding hydrogens is 220 g/mol. The molecule has 0 atom stereocenters. The van der Waals surface area contributed by atoms with Crippen LogP contribution in [0.1, 0.15) is 51.4 Å². The minimum absolute atomic E-state index is 0.944. The van der Waals surface area contributed by atoms with Crippen LogP contribution in [0.25, 0.3) is 0 Å². The second-order valence-corrected chi connectivity index (χ2v) is 4.81. The average molecular weight is 252 g/mol. The van der Waals surface area contributed by atoms with E-state index in [9.17, 15) is 0 Å². The second-order valence-electron chi connectivity index (χ2n) is 4.81. The third-order valence-corrected chi connectivity index (χ3v) is 3.03. The van der Waals surface area contributed by atoms with Gasteiger partial charge in [-0.1, -0.05) is 50.7 Å². The molecule has 106 valence electrons. The van der Waals surface area contributed by atoms with Crippen molar-refractivity contribution in [2.45, 2.75) is 51.4 Å². The predicted octanol–water partition coefficient (Wildman–Crippen LogP) is 3.66. The molecule has 0 radical (unpaired) electrons. The fraction of sp³-hybridized carbons (Fsp3) is 0.750. The van der Waals surface area contributed by atoms with Crippen molar-refractivity contribution in [2.75, 3.05) is 26.2 Å². The lowest BCUT2D eigenvalue weighted by Crippen LogP contribution is -2.14. The largest absolute Gasteiger partial charge is 0.313 e. The first-order valence-corrected chi connectivity index (χ1v) is 7.55. The molecule has 0 aromatic rings. The fourth-order valence-electron chi connectivity index (χ4n) is 1.97. The van der Waals surface area contributed by atoms with E-state index in [-0.39, 0.29) is 0 Å². The Balaban J connectivity index is 2.90. The molecule has 0 aliphatic rings. The molecule has 0 saturated heterocycles. The number of hydrogen-bond acceptors (Lipinski definition) is 2. The van der Waals surface area contributed by atoms with Crippen LogP contribution in [0.3, 0.4) is 0 Å². The van der Waals surface area contributed by atoms with E-state index in [4.69, 9.17) is 0 Å². The van der Waals surface area contributed by atoms with E-state index in [1.807, 2.05) is 12.2 Å². The summed E-state index contributed by atoms with van der Waals surface area (Å²) in [6.07, 6.45) is 14.8. The zero-order chi connectivity index (χ0) is 13.3. The van der Waals surface area contributed by atoms with E-state index in [1.54, 1.807) is 0 Å². The lowest BCUT2D eigenvalue weighted by molar-refractivity contribution is 0.549. The molecule has 0 bridgehead atoms. The van der Waals surface area contributed by atoms with Crippen LogP contribution in [0.5, 0.6) is 0 Å². The molecule has 0 aromatic carbocycles. The summed E-state index contributed by atoms with van der Waals surface area (Å²) in [5.41, 5.74) is 0. The molecule has 0 rings (SSSR count). The van der Waals surface area contributed by atoms with Gasteiger partial charge in [0, 0.05) is 13.1 Å². The summed E-state index contributed by atoms with van der Waals surface area (Å²) in [6.45, 7) is 11.5. The molecular formula is C16H32N2. The molecule has 0 spiro atoms. The maximum absolute atomic E-state index is 3.69. The Hall–Kier alpha value is -0.600. The molecule has 2 N–H and O–H groups in total. The monoisotopic (exact) mass is 252 g/mol. The van der Waals surface area contributed by atoms with Gasteiger partial charge in [-0.05, 0) is 25.9 Å². The van der Waals surface area contributed by atoms with Crippen LogP contribution in [-0.2, 0) is 0 Å². The molecule has 2 nitrogen and oxygen atoms in total. The van der Waals surface area contributed by atoms with Crippen molar-refractivity contribution in [1.82, 2.24) is 10.6 Å². The summed E-state index contributed by atoms with van der Waals surface area (Å²) in [6, 6.07) is 0. The Morgan fingerprint density at radius 1 is 0.556 bits per heavy atom. The first-order valence-electron chi connectivity index (χ1n) is 7.55. The maximum atomic E-state index is 3.69. The topological polar surface area (TPSA) is 24.1 Å². The van der Waals surface area contributed by atoms with Crippen molar-refractivity contribution in [3.63, 3.8) is 0 Å². The summed E-state index contributed by atoms with van der Waals surface area (Å²) >= 11 is 0. The van der Waals surface area contributed by atoms with E-state index in [0.29, 0.717) is 0 Å². The van der Waals surface area contributed by atoms with Crippen molar-refractivity contribution in [1.29, 1.82) is 0 Å². The summed E-state index contributed by atoms with van der Waals surface area (Å²) in [5.74, 6) is 0. The van der Waals surface area contributed by atoms with Gasteiger partial charge >= 0.3 is 0 Å². The maximum Gasteiger partial charge on any atom is 0.0132 e. The van der Waals surface area contributed by atoms with Gasteiger partial charge in [0.1, 0.15) is 0 Å². The second kappa shape index (κ2) is 16.4. The third kappa shape index (κ3) is 15.4. The van der Waals surface area contributed by atoms with E-state index in [0.717, 1.165) is 26.2 Å². The standard InChI is InChI=1S/C16H32N2/c1-3-13-17-15-11-9-7-5-6-8-10-12-16-18-14-4-2/h3-4,17-18H,1-2,5-16H2. The number of nitrogens with one attached hydrogen (secondary N) is 2. The Morgan fingerprint density at radius 3 is 1.22 bits per heavy atom. The number of rotatable bonds is 15. The average Bonchev–Trinajstić information content (AvgIpc) is 2.39. The van der Waals surface area contributed by atoms with Gasteiger partial charge < -0.3 is 10.6 Å². The molecule has 2 heteroatoms. The number of hydrogen-bond donors (Lipinski definition) is 2. The van der Waals surface area contributed by atoms with Gasteiger partial charge in [0.2, 0.25) is 0 Å². The van der Waals surface area contributed by atoms with Crippen LogP contribution in [0.4, 0.5) is 0 Å². The molecule has 0 saturated carbocycles. The van der Waals surface area contributed by atoms with Crippen molar-refractivity contribution < 1.29 is 0 Å². The fourth-order valence-corrected chi connectivity index (χ4v) is 1.97. The van der Waals surface area contributed by atoms with E-state index < -0.39 is 0 Å². The zero-order valence-corrected chi connectivity index (χ0v) is 12.1. The summed E-state index contributed by atoms with van der Waals surface area (Å²) in [5, 5.41) is 6.68. The molecule has 0 aliphatic carbocycles. The first-order chi connectivity index (χ1) is 8.91. The zero-order valence-electron chi connectivity index (χ0n) is 12.1. The Bertz CT molecular complexity index is 158. The number of unbranched alkanes of at least 4 members (excludes halogenated alkanes) is 7. The van der Waals surface area contributed by atoms with Gasteiger partial charge in [0.25, 0.3) is 0 Å². The molecule has 0 aromatic heterocycles. The van der Waals surface area contributed by atoms with Crippen molar-refractivity contribution in [3.05, 3.63) is 25.3 Å². The summed E-state index contributed by atoms with van der Waals surface area (Å²) in [7, 11) is 0. The van der Waals surface area contributed by atoms with Crippen molar-refractivity contribution in [2.24, 2.45) is 0 Å². The Kier molecular flexibility index (Phi) is 15.9. The molecule has 0 aliphatic heterocycles. The lowest BCUT2D eigenvalue weighted by Gasteiger charge is -2.03. The minimum atomic E-state index is 0.944. The highest BCUT2D eigenvalue weighted by Gasteiger charge is 1.92. The molecule has 18 heavy (non-hydrogen) atoms. The van der Waals surface area contributed by atoms with E-state index in [1.165, 1.54) is 51.4 Å². The third-order valence-electron chi connectivity index (χ3n) is 3.03. The van der Waals surface area contributed by atoms with E-state index in [2.05, 4.69) is 23.8 Å². The summed E-state index contributed by atoms with van der Waals surface area (Å²) < 4.78 is 0. The first kappa shape index (κ1) is 17.4. The molecule has 0 amide bonds. The van der Waals surface area contributed by atoms with Crippen LogP contribution in [0.15, 0.2) is 25.3 Å². The molecule has 0 heterocycles. The van der Waals surface area contributed by atoms with Gasteiger partial charge in [-0.3, -0.25) is 0 Å². The SMILES string of the molecule is C=CCNCCCCCCCCCCNCC=C. The highest BCUT2D eigenvalue weighted by Crippen LogP contribution is 2.07. The quantitative estimate of drug-likeness (QED) is 0.343. The highest BCUT2D eigenvalue weighted by atomic mass is 14.8. The Morgan fingerprint density at radius 2 is 0.889 bits per heavy atom. The van der Waals surface area contributed by atoms with Crippen molar-refractivity contribution >= 4 is 0 Å². The normalized spacial score (nSPS) is 10.4. The lowest BCUT2D eigenvalue weighted by atomic mass is 10.1. The highest BCUT2D eigenvalue weighted by molar-refractivity contribution is 4.69. The van der Waals surface area contributed by atoms with Gasteiger partial charge in [0.05, 0.1) is 0 Å². The van der Waals surface area contributed by atoms with Gasteiger partial charge in [0.15, 0.2) is 0 Å². The van der Waals surface area contributed by atoms with Crippen LogP contribution in [0, 0.1) is 0 Å². The van der Waals surface area contributed by atoms with Crippen LogP contribution in [0.2, 0.25) is 0 Å². The Labute approximate surface area is 114 Å². The van der Waals surface area contributed by atoms with Gasteiger partial charge in [-0.2, -0.15) is 0 Å². The minimum Gasteiger partial charge on any atom is -0.313 e. The van der Waals surface area contributed by atoms with E-state index >= 15 is 0 Å². The van der Waals surface area contributed by atoms with Crippen LogP contribution < -0.4 is 10.6 Å². The van der Waals surface area contributed by atoms with Gasteiger partial charge in [-0.25, -0.2) is 0 Å². The molecule has 0 unspecified atom stereocenters. The van der Waals surface area contributed by atoms with Gasteiger partial charge in [-0.15, -0.1) is 13.2 Å². The van der Waals surface area contributed by atoms with Crippen LogP contribution >= 0.6 is 0 Å². The summed E-state index contributed by atoms with van der Waals surface area (Å²) in [4.78, 5) is 0. The molecule has 0 fully saturated rings.